The summed E-state index contributed by atoms with van der Waals surface area (Å²) in [6.45, 7) is 0. The number of halogens is 4. The number of sulfone groups is 1. The van der Waals surface area contributed by atoms with E-state index in [2.05, 4.69) is 44.2 Å². The molecule has 0 saturated heterocycles. The van der Waals surface area contributed by atoms with Crippen LogP contribution in [-0.2, 0) is 9.84 Å². The van der Waals surface area contributed by atoms with Crippen molar-refractivity contribution in [1.29, 1.82) is 0 Å². The molecular weight excluding hydrogens is 688 g/mol. The Morgan fingerprint density at radius 3 is 2.17 bits per heavy atom. The highest BCUT2D eigenvalue weighted by molar-refractivity contribution is 9.93. The van der Waals surface area contributed by atoms with Gasteiger partial charge in [-0.1, -0.05) is 52.3 Å². The SMILES string of the molecule is BrBr.O=c1c(S(=O)(=O)c2ccccc2)c[n+]2c(n1-c1ccccc1)SCC2CBr.[Br-]. The standard InChI is InChI=1S/C19H16BrN2O3S2.Br2.BrH/c20-11-15-13-26-19-21(15)12-17(27(24,25)16-9-5-2-6-10-16)18(23)22(19)14-7-3-1-4-8-14;1-2;/h1-10,12,15H,11,13H2;;1H/q+1;;/p-1. The third-order valence-electron chi connectivity index (χ3n) is 4.42. The first-order valence-electron chi connectivity index (χ1n) is 8.44. The highest BCUT2D eigenvalue weighted by Crippen LogP contribution is 2.29. The van der Waals surface area contributed by atoms with Gasteiger partial charge in [-0.05, 0) is 36.0 Å². The lowest BCUT2D eigenvalue weighted by atomic mass is 10.3. The zero-order valence-corrected chi connectivity index (χ0v) is 23.3. The second-order valence-corrected chi connectivity index (χ2v) is 9.65. The normalized spacial score (nSPS) is 14.8. The summed E-state index contributed by atoms with van der Waals surface area (Å²) in [6.07, 6.45) is 1.49. The Morgan fingerprint density at radius 1 is 1.03 bits per heavy atom. The number of para-hydroxylation sites is 1. The van der Waals surface area contributed by atoms with Crippen LogP contribution in [0.2, 0.25) is 0 Å². The van der Waals surface area contributed by atoms with E-state index in [0.717, 1.165) is 10.9 Å². The Balaban J connectivity index is 0.00000104. The number of hydrogen-bond donors (Lipinski definition) is 0. The molecule has 2 heterocycles. The number of benzene rings is 2. The molecule has 0 radical (unpaired) electrons. The number of fused-ring (bicyclic) bond motifs is 1. The molecule has 4 rings (SSSR count). The summed E-state index contributed by atoms with van der Waals surface area (Å²) < 4.78 is 29.8. The first-order chi connectivity index (χ1) is 14.0. The van der Waals surface area contributed by atoms with Crippen molar-refractivity contribution < 1.29 is 30.0 Å². The summed E-state index contributed by atoms with van der Waals surface area (Å²) >= 11 is 10.5. The molecule has 0 spiro atoms. The Kier molecular flexibility index (Phi) is 9.82. The van der Waals surface area contributed by atoms with E-state index in [1.165, 1.54) is 22.9 Å². The van der Waals surface area contributed by atoms with Gasteiger partial charge in [0.2, 0.25) is 14.7 Å². The van der Waals surface area contributed by atoms with E-state index in [0.29, 0.717) is 11.0 Å². The molecule has 1 atom stereocenters. The summed E-state index contributed by atoms with van der Waals surface area (Å²) in [4.78, 5) is 13.2. The maximum atomic E-state index is 13.3. The molecule has 5 nitrogen and oxygen atoms in total. The molecule has 11 heteroatoms. The summed E-state index contributed by atoms with van der Waals surface area (Å²) in [5.74, 6) is 0.770. The molecule has 0 fully saturated rings. The number of hydrogen-bond acceptors (Lipinski definition) is 4. The van der Waals surface area contributed by atoms with Crippen LogP contribution in [0.4, 0.5) is 0 Å². The lowest BCUT2D eigenvalue weighted by molar-refractivity contribution is -0.750. The van der Waals surface area contributed by atoms with E-state index in [-0.39, 0.29) is 32.8 Å². The third-order valence-corrected chi connectivity index (χ3v) is 8.12. The molecule has 1 aliphatic heterocycles. The van der Waals surface area contributed by atoms with E-state index in [1.54, 1.807) is 30.0 Å². The number of rotatable bonds is 4. The summed E-state index contributed by atoms with van der Waals surface area (Å²) in [5, 5.41) is 1.41. The van der Waals surface area contributed by atoms with Gasteiger partial charge in [0.15, 0.2) is 0 Å². The van der Waals surface area contributed by atoms with E-state index in [1.807, 2.05) is 34.9 Å². The van der Waals surface area contributed by atoms with Gasteiger partial charge in [0.25, 0.3) is 0 Å². The minimum Gasteiger partial charge on any atom is -1.00 e. The number of aromatic nitrogens is 2. The van der Waals surface area contributed by atoms with Crippen molar-refractivity contribution in [3.8, 4) is 5.69 Å². The fraction of sp³-hybridized carbons (Fsp3) is 0.158. The molecule has 160 valence electrons. The van der Waals surface area contributed by atoms with Crippen LogP contribution in [-0.4, -0.2) is 24.1 Å². The van der Waals surface area contributed by atoms with Crippen LogP contribution < -0.4 is 27.1 Å². The Bertz CT molecular complexity index is 1160. The number of nitrogens with zero attached hydrogens (tertiary/aromatic N) is 2. The van der Waals surface area contributed by atoms with Crippen LogP contribution >= 0.6 is 55.9 Å². The molecule has 1 unspecified atom stereocenters. The second-order valence-electron chi connectivity index (χ2n) is 6.09. The van der Waals surface area contributed by atoms with Crippen LogP contribution in [0.1, 0.15) is 6.04 Å². The van der Waals surface area contributed by atoms with Gasteiger partial charge in [-0.25, -0.2) is 17.8 Å². The molecule has 1 aromatic heterocycles. The van der Waals surface area contributed by atoms with Crippen molar-refractivity contribution in [3.63, 3.8) is 0 Å². The molecule has 0 aliphatic carbocycles. The van der Waals surface area contributed by atoms with Gasteiger partial charge in [0, 0.05) is 39.3 Å². The van der Waals surface area contributed by atoms with E-state index in [9.17, 15) is 13.2 Å². The van der Waals surface area contributed by atoms with Crippen LogP contribution in [0.25, 0.3) is 5.69 Å². The smallest absolute Gasteiger partial charge is 0.362 e. The minimum absolute atomic E-state index is 0. The van der Waals surface area contributed by atoms with Crippen LogP contribution in [0.3, 0.4) is 0 Å². The molecule has 0 amide bonds. The summed E-state index contributed by atoms with van der Waals surface area (Å²) in [7, 11) is -3.93. The number of alkyl halides is 1. The highest BCUT2D eigenvalue weighted by atomic mass is 80.9. The lowest BCUT2D eigenvalue weighted by Gasteiger charge is -2.10. The van der Waals surface area contributed by atoms with E-state index in [4.69, 9.17) is 0 Å². The quantitative estimate of drug-likeness (QED) is 0.236. The van der Waals surface area contributed by atoms with Gasteiger partial charge in [-0.2, -0.15) is 4.57 Å². The van der Waals surface area contributed by atoms with Crippen molar-refractivity contribution in [2.75, 3.05) is 11.1 Å². The monoisotopic (exact) mass is 700 g/mol. The van der Waals surface area contributed by atoms with Crippen LogP contribution in [0, 0.1) is 0 Å². The molecular formula is C19H16Br4N2O3S2. The topological polar surface area (TPSA) is 60.0 Å². The average molecular weight is 704 g/mol. The second kappa shape index (κ2) is 11.4. The van der Waals surface area contributed by atoms with Gasteiger partial charge < -0.3 is 17.0 Å². The van der Waals surface area contributed by atoms with Gasteiger partial charge in [0.1, 0.15) is 17.9 Å². The van der Waals surface area contributed by atoms with E-state index >= 15 is 0 Å². The highest BCUT2D eigenvalue weighted by Gasteiger charge is 2.38. The molecule has 1 aliphatic rings. The third kappa shape index (κ3) is 4.96. The Morgan fingerprint density at radius 2 is 1.60 bits per heavy atom. The van der Waals surface area contributed by atoms with Crippen molar-refractivity contribution in [2.24, 2.45) is 0 Å². The van der Waals surface area contributed by atoms with Crippen LogP contribution in [0.15, 0.2) is 86.6 Å². The van der Waals surface area contributed by atoms with Gasteiger partial charge in [0.05, 0.1) is 4.90 Å². The number of thioether (sulfide) groups is 1. The Labute approximate surface area is 213 Å². The van der Waals surface area contributed by atoms with Gasteiger partial charge in [-0.3, -0.25) is 0 Å². The zero-order chi connectivity index (χ0) is 21.0. The molecule has 30 heavy (non-hydrogen) atoms. The maximum absolute atomic E-state index is 13.3. The minimum atomic E-state index is -3.93. The molecule has 0 saturated carbocycles. The molecule has 0 bridgehead atoms. The summed E-state index contributed by atoms with van der Waals surface area (Å²) in [5.41, 5.74) is 0.123. The van der Waals surface area contributed by atoms with Crippen molar-refractivity contribution >= 4 is 65.8 Å². The van der Waals surface area contributed by atoms with Gasteiger partial charge >= 0.3 is 10.7 Å². The first kappa shape index (κ1) is 25.8. The lowest BCUT2D eigenvalue weighted by Crippen LogP contribution is -3.00. The molecule has 3 aromatic rings. The molecule has 0 N–H and O–H groups in total. The predicted molar refractivity (Wildman–Crippen MR) is 126 cm³/mol. The molecule has 2 aromatic carbocycles. The maximum Gasteiger partial charge on any atom is 0.362 e. The van der Waals surface area contributed by atoms with Gasteiger partial charge in [-0.15, -0.1) is 0 Å². The van der Waals surface area contributed by atoms with Crippen molar-refractivity contribution in [2.45, 2.75) is 21.0 Å². The van der Waals surface area contributed by atoms with Crippen molar-refractivity contribution in [3.05, 3.63) is 77.2 Å². The first-order valence-corrected chi connectivity index (χ1v) is 15.7. The fourth-order valence-corrected chi connectivity index (χ4v) is 6.51. The Hall–Kier alpha value is -0.460. The van der Waals surface area contributed by atoms with E-state index < -0.39 is 15.4 Å². The average Bonchev–Trinajstić information content (AvgIpc) is 3.18. The predicted octanol–water partition coefficient (Wildman–Crippen LogP) is 1.69. The van der Waals surface area contributed by atoms with Crippen molar-refractivity contribution in [1.82, 2.24) is 4.57 Å². The summed E-state index contributed by atoms with van der Waals surface area (Å²) in [6, 6.07) is 17.3. The largest absolute Gasteiger partial charge is 1.00 e. The fourth-order valence-electron chi connectivity index (χ4n) is 3.04. The zero-order valence-electron chi connectivity index (χ0n) is 15.3. The van der Waals surface area contributed by atoms with Crippen LogP contribution in [0.5, 0.6) is 0 Å².